The summed E-state index contributed by atoms with van der Waals surface area (Å²) in [4.78, 5) is 14.8. The van der Waals surface area contributed by atoms with Crippen LogP contribution < -0.4 is 5.48 Å². The lowest BCUT2D eigenvalue weighted by Gasteiger charge is -2.15. The third-order valence-corrected chi connectivity index (χ3v) is 0.641. The van der Waals surface area contributed by atoms with Crippen LogP contribution in [0.25, 0.3) is 0 Å². The summed E-state index contributed by atoms with van der Waals surface area (Å²) in [6, 6.07) is 0. The van der Waals surface area contributed by atoms with Crippen LogP contribution in [-0.2, 0) is 9.63 Å². The zero-order chi connectivity index (χ0) is 8.20. The van der Waals surface area contributed by atoms with Gasteiger partial charge in [0.15, 0.2) is 0 Å². The molecule has 0 unspecified atom stereocenters. The summed E-state index contributed by atoms with van der Waals surface area (Å²) in [7, 11) is 0. The molecule has 4 heteroatoms. The molecule has 0 aromatic carbocycles. The Morgan fingerprint density at radius 1 is 1.70 bits per heavy atom. The van der Waals surface area contributed by atoms with Crippen molar-refractivity contribution in [2.75, 3.05) is 6.61 Å². The summed E-state index contributed by atoms with van der Waals surface area (Å²) in [5.41, 5.74) is 1.20. The van der Waals surface area contributed by atoms with Gasteiger partial charge in [-0.1, -0.05) is 0 Å². The van der Waals surface area contributed by atoms with Crippen LogP contribution in [0.3, 0.4) is 0 Å². The molecule has 0 aromatic heterocycles. The minimum atomic E-state index is -0.900. The molecule has 0 bridgehead atoms. The first-order chi connectivity index (χ1) is 4.42. The monoisotopic (exact) mass is 147 g/mol. The van der Waals surface area contributed by atoms with Crippen molar-refractivity contribution in [3.63, 3.8) is 0 Å². The molecule has 1 amide bonds. The Balaban J connectivity index is 3.29. The molecular formula is C6H13NO3. The van der Waals surface area contributed by atoms with E-state index in [0.29, 0.717) is 0 Å². The Hall–Kier alpha value is -0.610. The number of rotatable bonds is 3. The molecule has 0 rings (SSSR count). The zero-order valence-electron chi connectivity index (χ0n) is 6.47. The van der Waals surface area contributed by atoms with Crippen molar-refractivity contribution in [3.8, 4) is 0 Å². The minimum absolute atomic E-state index is 0.0899. The Bertz CT molecular complexity index is 117. The predicted molar refractivity (Wildman–Crippen MR) is 36.1 cm³/mol. The van der Waals surface area contributed by atoms with Crippen molar-refractivity contribution < 1.29 is 14.7 Å². The van der Waals surface area contributed by atoms with Crippen LogP contribution >= 0.6 is 0 Å². The van der Waals surface area contributed by atoms with E-state index in [1.54, 1.807) is 13.8 Å². The molecule has 0 aliphatic heterocycles. The van der Waals surface area contributed by atoms with Gasteiger partial charge in [-0.15, -0.1) is 0 Å². The van der Waals surface area contributed by atoms with E-state index >= 15 is 0 Å². The van der Waals surface area contributed by atoms with Gasteiger partial charge in [-0.3, -0.25) is 9.63 Å². The molecule has 0 heterocycles. The van der Waals surface area contributed by atoms with Crippen molar-refractivity contribution in [1.29, 1.82) is 0 Å². The standard InChI is InChI=1S/C6H13NO3/c1-5(8)7-10-4-6(2,3)9/h9H,4H2,1-3H3,(H,7,8). The third-order valence-electron chi connectivity index (χ3n) is 0.641. The number of aliphatic hydroxyl groups is 1. The first-order valence-corrected chi connectivity index (χ1v) is 3.02. The Morgan fingerprint density at radius 2 is 2.20 bits per heavy atom. The highest BCUT2D eigenvalue weighted by Crippen LogP contribution is 1.98. The highest BCUT2D eigenvalue weighted by Gasteiger charge is 2.12. The third kappa shape index (κ3) is 7.39. The number of hydroxylamine groups is 1. The molecule has 4 nitrogen and oxygen atoms in total. The van der Waals surface area contributed by atoms with Crippen molar-refractivity contribution in [2.24, 2.45) is 0 Å². The van der Waals surface area contributed by atoms with Gasteiger partial charge in [0.2, 0.25) is 5.91 Å². The molecule has 0 saturated carbocycles. The molecule has 0 aliphatic rings. The normalized spacial score (nSPS) is 11.2. The maximum absolute atomic E-state index is 10.2. The number of hydrogen-bond donors (Lipinski definition) is 2. The topological polar surface area (TPSA) is 58.6 Å². The molecule has 60 valence electrons. The summed E-state index contributed by atoms with van der Waals surface area (Å²) >= 11 is 0. The van der Waals surface area contributed by atoms with E-state index in [9.17, 15) is 4.79 Å². The summed E-state index contributed by atoms with van der Waals surface area (Å²) in [5, 5.41) is 9.05. The fourth-order valence-electron chi connectivity index (χ4n) is 0.314. The van der Waals surface area contributed by atoms with E-state index in [2.05, 4.69) is 10.3 Å². The van der Waals surface area contributed by atoms with Gasteiger partial charge in [0.05, 0.1) is 5.60 Å². The second-order valence-electron chi connectivity index (χ2n) is 2.76. The molecule has 10 heavy (non-hydrogen) atoms. The van der Waals surface area contributed by atoms with Crippen molar-refractivity contribution in [2.45, 2.75) is 26.4 Å². The second kappa shape index (κ2) is 3.53. The Morgan fingerprint density at radius 3 is 2.50 bits per heavy atom. The second-order valence-corrected chi connectivity index (χ2v) is 2.76. The summed E-state index contributed by atoms with van der Waals surface area (Å²) < 4.78 is 0. The minimum Gasteiger partial charge on any atom is -0.388 e. The fourth-order valence-corrected chi connectivity index (χ4v) is 0.314. The average molecular weight is 147 g/mol. The van der Waals surface area contributed by atoms with Gasteiger partial charge in [-0.25, -0.2) is 5.48 Å². The first-order valence-electron chi connectivity index (χ1n) is 3.02. The molecule has 0 aromatic rings. The van der Waals surface area contributed by atoms with Gasteiger partial charge in [0.25, 0.3) is 0 Å². The molecular weight excluding hydrogens is 134 g/mol. The van der Waals surface area contributed by atoms with Gasteiger partial charge in [0, 0.05) is 6.92 Å². The maximum atomic E-state index is 10.2. The summed E-state index contributed by atoms with van der Waals surface area (Å²) in [6.45, 7) is 4.61. The van der Waals surface area contributed by atoms with E-state index in [4.69, 9.17) is 5.11 Å². The van der Waals surface area contributed by atoms with Crippen molar-refractivity contribution in [3.05, 3.63) is 0 Å². The largest absolute Gasteiger partial charge is 0.388 e. The van der Waals surface area contributed by atoms with Gasteiger partial charge in [-0.2, -0.15) is 0 Å². The van der Waals surface area contributed by atoms with Crippen LogP contribution in [0.2, 0.25) is 0 Å². The van der Waals surface area contributed by atoms with Crippen LogP contribution in [0.5, 0.6) is 0 Å². The lowest BCUT2D eigenvalue weighted by molar-refractivity contribution is -0.136. The molecule has 0 fully saturated rings. The lowest BCUT2D eigenvalue weighted by Crippen LogP contribution is -2.32. The van der Waals surface area contributed by atoms with Crippen LogP contribution in [0.15, 0.2) is 0 Å². The van der Waals surface area contributed by atoms with Gasteiger partial charge in [-0.05, 0) is 13.8 Å². The highest BCUT2D eigenvalue weighted by atomic mass is 16.7. The number of nitrogens with one attached hydrogen (secondary N) is 1. The average Bonchev–Trinajstić information content (AvgIpc) is 1.59. The molecule has 0 saturated heterocycles. The van der Waals surface area contributed by atoms with Gasteiger partial charge >= 0.3 is 0 Å². The fraction of sp³-hybridized carbons (Fsp3) is 0.833. The summed E-state index contributed by atoms with van der Waals surface area (Å²) in [6.07, 6.45) is 0. The number of amides is 1. The summed E-state index contributed by atoms with van der Waals surface area (Å²) in [5.74, 6) is -0.274. The zero-order valence-corrected chi connectivity index (χ0v) is 6.47. The van der Waals surface area contributed by atoms with Crippen LogP contribution in [0.1, 0.15) is 20.8 Å². The number of carbonyl (C=O) groups is 1. The number of hydrogen-bond acceptors (Lipinski definition) is 3. The Kier molecular flexibility index (Phi) is 3.32. The van der Waals surface area contributed by atoms with Crippen LogP contribution in [0, 0.1) is 0 Å². The predicted octanol–water partition coefficient (Wildman–Crippen LogP) is -0.175. The van der Waals surface area contributed by atoms with Crippen molar-refractivity contribution in [1.82, 2.24) is 5.48 Å². The quantitative estimate of drug-likeness (QED) is 0.545. The van der Waals surface area contributed by atoms with Crippen molar-refractivity contribution >= 4 is 5.91 Å². The Labute approximate surface area is 60.1 Å². The molecule has 2 N–H and O–H groups in total. The first kappa shape index (κ1) is 9.39. The van der Waals surface area contributed by atoms with E-state index in [1.165, 1.54) is 6.92 Å². The van der Waals surface area contributed by atoms with Gasteiger partial charge < -0.3 is 5.11 Å². The smallest absolute Gasteiger partial charge is 0.240 e. The SMILES string of the molecule is CC(=O)NOCC(C)(C)O. The van der Waals surface area contributed by atoms with Crippen LogP contribution in [0.4, 0.5) is 0 Å². The maximum Gasteiger partial charge on any atom is 0.240 e. The lowest BCUT2D eigenvalue weighted by atomic mass is 10.2. The van der Waals surface area contributed by atoms with E-state index in [1.807, 2.05) is 0 Å². The highest BCUT2D eigenvalue weighted by molar-refractivity contribution is 5.71. The van der Waals surface area contributed by atoms with E-state index < -0.39 is 5.60 Å². The van der Waals surface area contributed by atoms with Crippen LogP contribution in [-0.4, -0.2) is 23.2 Å². The van der Waals surface area contributed by atoms with E-state index in [0.717, 1.165) is 0 Å². The van der Waals surface area contributed by atoms with E-state index in [-0.39, 0.29) is 12.5 Å². The molecule has 0 aliphatic carbocycles. The molecule has 0 spiro atoms. The number of carbonyl (C=O) groups excluding carboxylic acids is 1. The molecule has 0 radical (unpaired) electrons. The molecule has 0 atom stereocenters. The van der Waals surface area contributed by atoms with Gasteiger partial charge in [0.1, 0.15) is 6.61 Å².